The molecule has 0 saturated heterocycles. The summed E-state index contributed by atoms with van der Waals surface area (Å²) in [6.45, 7) is 0.524. The zero-order valence-corrected chi connectivity index (χ0v) is 11.7. The number of carboxylic acids is 1. The van der Waals surface area contributed by atoms with Gasteiger partial charge in [0.1, 0.15) is 5.75 Å². The first kappa shape index (κ1) is 14.3. The molecule has 0 fully saturated rings. The Morgan fingerprint density at radius 2 is 2.15 bits per heavy atom. The summed E-state index contributed by atoms with van der Waals surface area (Å²) in [6, 6.07) is 7.05. The molecule has 0 saturated carbocycles. The van der Waals surface area contributed by atoms with Gasteiger partial charge in [0, 0.05) is 12.8 Å². The van der Waals surface area contributed by atoms with Gasteiger partial charge in [0.25, 0.3) is 0 Å². The first-order valence-electron chi connectivity index (χ1n) is 5.94. The molecule has 2 aromatic rings. The van der Waals surface area contributed by atoms with Crippen molar-refractivity contribution in [3.8, 4) is 5.75 Å². The van der Waals surface area contributed by atoms with E-state index in [0.717, 1.165) is 22.2 Å². The summed E-state index contributed by atoms with van der Waals surface area (Å²) in [4.78, 5) is 10.6. The molecule has 0 aliphatic rings. The van der Waals surface area contributed by atoms with Gasteiger partial charge in [0.15, 0.2) is 0 Å². The fraction of sp³-hybridized carbons (Fsp3) is 0.333. The predicted octanol–water partition coefficient (Wildman–Crippen LogP) is 1.01. The van der Waals surface area contributed by atoms with Gasteiger partial charge in [-0.05, 0) is 28.1 Å². The van der Waals surface area contributed by atoms with Crippen LogP contribution < -0.4 is 4.74 Å². The molecule has 0 spiro atoms. The SMILES string of the molecule is Cn1nnnc1SCCOc1ccc(CC(=O)O)cc1. The van der Waals surface area contributed by atoms with Crippen LogP contribution in [0.2, 0.25) is 0 Å². The molecule has 7 nitrogen and oxygen atoms in total. The minimum atomic E-state index is -0.840. The third-order valence-electron chi connectivity index (χ3n) is 2.44. The van der Waals surface area contributed by atoms with Crippen LogP contribution in [0.1, 0.15) is 5.56 Å². The number of aromatic nitrogens is 4. The Labute approximate surface area is 119 Å². The molecule has 1 aromatic heterocycles. The number of hydrogen-bond donors (Lipinski definition) is 1. The summed E-state index contributed by atoms with van der Waals surface area (Å²) in [5.74, 6) is 0.605. The van der Waals surface area contributed by atoms with Gasteiger partial charge in [0.2, 0.25) is 5.16 Å². The maximum absolute atomic E-state index is 10.6. The number of thioether (sulfide) groups is 1. The van der Waals surface area contributed by atoms with E-state index in [-0.39, 0.29) is 6.42 Å². The third kappa shape index (κ3) is 4.23. The van der Waals surface area contributed by atoms with Crippen molar-refractivity contribution in [2.75, 3.05) is 12.4 Å². The molecular formula is C12H14N4O3S. The summed E-state index contributed by atoms with van der Waals surface area (Å²) in [5, 5.41) is 20.5. The largest absolute Gasteiger partial charge is 0.493 e. The minimum absolute atomic E-state index is 0.0231. The molecule has 0 unspecified atom stereocenters. The van der Waals surface area contributed by atoms with E-state index in [4.69, 9.17) is 9.84 Å². The molecule has 2 rings (SSSR count). The lowest BCUT2D eigenvalue weighted by Gasteiger charge is -2.06. The van der Waals surface area contributed by atoms with Gasteiger partial charge in [-0.25, -0.2) is 4.68 Å². The number of tetrazole rings is 1. The van der Waals surface area contributed by atoms with Gasteiger partial charge in [-0.2, -0.15) is 0 Å². The van der Waals surface area contributed by atoms with Crippen LogP contribution in [0.5, 0.6) is 5.75 Å². The summed E-state index contributed by atoms with van der Waals surface area (Å²) >= 11 is 1.51. The van der Waals surface area contributed by atoms with Crippen molar-refractivity contribution >= 4 is 17.7 Å². The first-order chi connectivity index (χ1) is 9.65. The number of carbonyl (C=O) groups is 1. The lowest BCUT2D eigenvalue weighted by Crippen LogP contribution is -2.03. The quantitative estimate of drug-likeness (QED) is 0.602. The van der Waals surface area contributed by atoms with Crippen molar-refractivity contribution in [2.24, 2.45) is 7.05 Å². The van der Waals surface area contributed by atoms with Crippen LogP contribution in [0.25, 0.3) is 0 Å². The van der Waals surface area contributed by atoms with E-state index >= 15 is 0 Å². The molecule has 1 N–H and O–H groups in total. The number of rotatable bonds is 7. The molecule has 0 aliphatic carbocycles. The molecule has 1 aromatic carbocycles. The second-order valence-electron chi connectivity index (χ2n) is 4.00. The Morgan fingerprint density at radius 1 is 1.40 bits per heavy atom. The van der Waals surface area contributed by atoms with Crippen LogP contribution >= 0.6 is 11.8 Å². The van der Waals surface area contributed by atoms with Gasteiger partial charge in [-0.15, -0.1) is 5.10 Å². The predicted molar refractivity (Wildman–Crippen MR) is 72.8 cm³/mol. The second-order valence-corrected chi connectivity index (χ2v) is 5.06. The average molecular weight is 294 g/mol. The Balaban J connectivity index is 1.74. The third-order valence-corrected chi connectivity index (χ3v) is 3.42. The number of hydrogen-bond acceptors (Lipinski definition) is 6. The standard InChI is InChI=1S/C12H14N4O3S/c1-16-12(13-14-15-16)20-7-6-19-10-4-2-9(3-5-10)8-11(17)18/h2-5H,6-8H2,1H3,(H,17,18). The van der Waals surface area contributed by atoms with Gasteiger partial charge >= 0.3 is 5.97 Å². The van der Waals surface area contributed by atoms with Crippen molar-refractivity contribution in [2.45, 2.75) is 11.6 Å². The van der Waals surface area contributed by atoms with Gasteiger partial charge in [-0.1, -0.05) is 23.9 Å². The van der Waals surface area contributed by atoms with Crippen molar-refractivity contribution in [1.82, 2.24) is 20.2 Å². The highest BCUT2D eigenvalue weighted by Crippen LogP contribution is 2.15. The van der Waals surface area contributed by atoms with E-state index in [0.29, 0.717) is 6.61 Å². The topological polar surface area (TPSA) is 90.1 Å². The summed E-state index contributed by atoms with van der Waals surface area (Å²) in [6.07, 6.45) is 0.0231. The Hall–Kier alpha value is -2.09. The minimum Gasteiger partial charge on any atom is -0.493 e. The average Bonchev–Trinajstić information content (AvgIpc) is 2.82. The first-order valence-corrected chi connectivity index (χ1v) is 6.92. The lowest BCUT2D eigenvalue weighted by molar-refractivity contribution is -0.136. The molecule has 0 atom stereocenters. The maximum Gasteiger partial charge on any atom is 0.307 e. The molecule has 0 radical (unpaired) electrons. The number of aliphatic carboxylic acids is 1. The summed E-state index contributed by atoms with van der Waals surface area (Å²) in [7, 11) is 1.78. The Kier molecular flexibility index (Phi) is 4.94. The number of nitrogens with zero attached hydrogens (tertiary/aromatic N) is 4. The van der Waals surface area contributed by atoms with E-state index in [9.17, 15) is 4.79 Å². The molecule has 20 heavy (non-hydrogen) atoms. The Bertz CT molecular complexity index is 570. The highest BCUT2D eigenvalue weighted by Gasteiger charge is 2.03. The van der Waals surface area contributed by atoms with Crippen molar-refractivity contribution < 1.29 is 14.6 Å². The fourth-order valence-electron chi connectivity index (χ4n) is 1.51. The summed E-state index contributed by atoms with van der Waals surface area (Å²) in [5.41, 5.74) is 0.754. The number of carboxylic acid groups (broad SMARTS) is 1. The number of aryl methyl sites for hydroxylation is 1. The van der Waals surface area contributed by atoms with Crippen LogP contribution in [0.15, 0.2) is 29.4 Å². The van der Waals surface area contributed by atoms with Crippen LogP contribution in [0.4, 0.5) is 0 Å². The number of ether oxygens (including phenoxy) is 1. The normalized spacial score (nSPS) is 10.4. The number of benzene rings is 1. The second kappa shape index (κ2) is 6.90. The van der Waals surface area contributed by atoms with Gasteiger partial charge in [-0.3, -0.25) is 4.79 Å². The zero-order chi connectivity index (χ0) is 14.4. The molecule has 0 bridgehead atoms. The van der Waals surface area contributed by atoms with E-state index in [1.165, 1.54) is 11.8 Å². The molecule has 8 heteroatoms. The smallest absolute Gasteiger partial charge is 0.307 e. The molecule has 0 aliphatic heterocycles. The van der Waals surface area contributed by atoms with Gasteiger partial charge in [0.05, 0.1) is 13.0 Å². The van der Waals surface area contributed by atoms with E-state index < -0.39 is 5.97 Å². The maximum atomic E-state index is 10.6. The van der Waals surface area contributed by atoms with Crippen LogP contribution in [-0.2, 0) is 18.3 Å². The van der Waals surface area contributed by atoms with Crippen LogP contribution in [0.3, 0.4) is 0 Å². The Morgan fingerprint density at radius 3 is 2.75 bits per heavy atom. The zero-order valence-electron chi connectivity index (χ0n) is 10.9. The van der Waals surface area contributed by atoms with Crippen LogP contribution in [-0.4, -0.2) is 43.6 Å². The molecule has 1 heterocycles. The highest BCUT2D eigenvalue weighted by atomic mass is 32.2. The van der Waals surface area contributed by atoms with E-state index in [1.807, 2.05) is 0 Å². The monoisotopic (exact) mass is 294 g/mol. The fourth-order valence-corrected chi connectivity index (χ4v) is 2.18. The van der Waals surface area contributed by atoms with Crippen molar-refractivity contribution in [3.63, 3.8) is 0 Å². The van der Waals surface area contributed by atoms with Crippen LogP contribution in [0, 0.1) is 0 Å². The molecular weight excluding hydrogens is 280 g/mol. The van der Waals surface area contributed by atoms with Crippen molar-refractivity contribution in [1.29, 1.82) is 0 Å². The molecule has 106 valence electrons. The summed E-state index contributed by atoms with van der Waals surface area (Å²) < 4.78 is 7.16. The van der Waals surface area contributed by atoms with Gasteiger partial charge < -0.3 is 9.84 Å². The highest BCUT2D eigenvalue weighted by molar-refractivity contribution is 7.99. The lowest BCUT2D eigenvalue weighted by atomic mass is 10.1. The van der Waals surface area contributed by atoms with Crippen molar-refractivity contribution in [3.05, 3.63) is 29.8 Å². The van der Waals surface area contributed by atoms with E-state index in [1.54, 1.807) is 36.0 Å². The van der Waals surface area contributed by atoms with E-state index in [2.05, 4.69) is 15.5 Å². The molecule has 0 amide bonds.